The first kappa shape index (κ1) is 23.5. The van der Waals surface area contributed by atoms with Gasteiger partial charge in [-0.05, 0) is 72.8 Å². The molecular formula is C36H25BN2O2. The monoisotopic (exact) mass is 528 g/mol. The fraction of sp³-hybridized carbons (Fsp3) is 0. The van der Waals surface area contributed by atoms with Crippen molar-refractivity contribution < 1.29 is 9.31 Å². The van der Waals surface area contributed by atoms with Gasteiger partial charge in [0.15, 0.2) is 0 Å². The molecule has 0 aliphatic heterocycles. The van der Waals surface area contributed by atoms with E-state index in [1.165, 1.54) is 21.8 Å². The highest BCUT2D eigenvalue weighted by Crippen LogP contribution is 2.35. The Bertz CT molecular complexity index is 2030. The molecule has 5 heteroatoms. The zero-order valence-corrected chi connectivity index (χ0v) is 22.3. The van der Waals surface area contributed by atoms with Gasteiger partial charge in [-0.25, -0.2) is 0 Å². The molecule has 194 valence electrons. The predicted molar refractivity (Wildman–Crippen MR) is 170 cm³/mol. The number of nitrogens with zero attached hydrogens (tertiary/aromatic N) is 2. The summed E-state index contributed by atoms with van der Waals surface area (Å²) in [5.74, 6) is 1.55. The van der Waals surface area contributed by atoms with Crippen LogP contribution in [0.4, 0.5) is 0 Å². The van der Waals surface area contributed by atoms with Crippen LogP contribution in [-0.4, -0.2) is 16.8 Å². The van der Waals surface area contributed by atoms with E-state index in [4.69, 9.17) is 9.31 Å². The van der Waals surface area contributed by atoms with E-state index in [-0.39, 0.29) is 7.69 Å². The van der Waals surface area contributed by atoms with E-state index in [0.717, 1.165) is 44.7 Å². The van der Waals surface area contributed by atoms with Crippen LogP contribution < -0.4 is 9.31 Å². The van der Waals surface area contributed by atoms with Crippen LogP contribution in [0.3, 0.4) is 0 Å². The molecule has 0 saturated carbocycles. The van der Waals surface area contributed by atoms with E-state index in [1.807, 2.05) is 24.3 Å². The lowest BCUT2D eigenvalue weighted by atomic mass is 10.1. The average Bonchev–Trinajstić information content (AvgIpc) is 3.54. The summed E-state index contributed by atoms with van der Waals surface area (Å²) in [4.78, 5) is 0. The summed E-state index contributed by atoms with van der Waals surface area (Å²) >= 11 is 0. The average molecular weight is 528 g/mol. The van der Waals surface area contributed by atoms with E-state index in [0.29, 0.717) is 0 Å². The van der Waals surface area contributed by atoms with Crippen molar-refractivity contribution in [3.8, 4) is 22.9 Å². The molecule has 0 unspecified atom stereocenters. The zero-order valence-electron chi connectivity index (χ0n) is 22.3. The molecule has 0 radical (unpaired) electrons. The third-order valence-corrected chi connectivity index (χ3v) is 7.77. The number of rotatable bonds is 6. The summed E-state index contributed by atoms with van der Waals surface area (Å²) in [7, 11) is 0.117. The summed E-state index contributed by atoms with van der Waals surface area (Å²) in [5, 5.41) is 4.69. The highest BCUT2D eigenvalue weighted by Gasteiger charge is 2.15. The Morgan fingerprint density at radius 3 is 1.22 bits per heavy atom. The number of hydrogen-bond acceptors (Lipinski definition) is 2. The largest absolute Gasteiger partial charge is 0.576 e. The molecular weight excluding hydrogens is 503 g/mol. The van der Waals surface area contributed by atoms with Gasteiger partial charge in [0, 0.05) is 32.9 Å². The fourth-order valence-corrected chi connectivity index (χ4v) is 5.96. The maximum Gasteiger partial charge on any atom is 0.576 e. The van der Waals surface area contributed by atoms with Crippen LogP contribution in [0.1, 0.15) is 0 Å². The molecule has 0 aliphatic rings. The minimum absolute atomic E-state index is 0.117. The van der Waals surface area contributed by atoms with Crippen LogP contribution in [0.15, 0.2) is 146 Å². The van der Waals surface area contributed by atoms with E-state index in [9.17, 15) is 0 Å². The van der Waals surface area contributed by atoms with Gasteiger partial charge in [-0.1, -0.05) is 72.8 Å². The lowest BCUT2D eigenvalue weighted by Crippen LogP contribution is -2.10. The summed E-state index contributed by atoms with van der Waals surface area (Å²) < 4.78 is 16.8. The highest BCUT2D eigenvalue weighted by molar-refractivity contribution is 6.21. The molecule has 0 aliphatic carbocycles. The first-order valence-electron chi connectivity index (χ1n) is 13.8. The van der Waals surface area contributed by atoms with Gasteiger partial charge in [0.2, 0.25) is 0 Å². The van der Waals surface area contributed by atoms with E-state index < -0.39 is 0 Å². The minimum Gasteiger partial charge on any atom is -0.529 e. The molecule has 4 nitrogen and oxygen atoms in total. The zero-order chi connectivity index (χ0) is 27.2. The molecule has 41 heavy (non-hydrogen) atoms. The molecule has 8 rings (SSSR count). The Morgan fingerprint density at radius 1 is 0.366 bits per heavy atom. The van der Waals surface area contributed by atoms with Crippen molar-refractivity contribution in [3.63, 3.8) is 0 Å². The lowest BCUT2D eigenvalue weighted by Gasteiger charge is -2.10. The molecule has 0 atom stereocenters. The summed E-state index contributed by atoms with van der Waals surface area (Å²) in [6, 6.07) is 50.4. The second-order valence-electron chi connectivity index (χ2n) is 10.1. The number of benzene rings is 6. The Morgan fingerprint density at radius 2 is 0.756 bits per heavy atom. The quantitative estimate of drug-likeness (QED) is 0.202. The normalized spacial score (nSPS) is 11.4. The fourth-order valence-electron chi connectivity index (χ4n) is 5.96. The van der Waals surface area contributed by atoms with Crippen LogP contribution in [0.2, 0.25) is 0 Å². The molecule has 0 fully saturated rings. The number of fused-ring (bicyclic) bond motifs is 6. The summed E-state index contributed by atoms with van der Waals surface area (Å²) in [6.07, 6.45) is 0. The molecule has 0 N–H and O–H groups in total. The Labute approximate surface area is 237 Å². The number of hydrogen-bond donors (Lipinski definition) is 0. The van der Waals surface area contributed by atoms with Crippen molar-refractivity contribution >= 4 is 51.3 Å². The maximum absolute atomic E-state index is 6.12. The molecule has 8 aromatic rings. The SMILES string of the molecule is B(Oc1ccc2c(c1)c1ccccc1n2-c1ccccc1)Oc1ccc2c(c1)c1ccccc1n2-c1ccccc1. The highest BCUT2D eigenvalue weighted by atomic mass is 16.6. The van der Waals surface area contributed by atoms with Gasteiger partial charge in [0.1, 0.15) is 11.5 Å². The standard InChI is InChI=1S/C36H25BN2O2/c1-3-11-25(12-4-1)38-33-17-9-7-15-29(33)31-23-27(19-21-35(31)38)40-37-41-28-20-22-36-32(24-28)30-16-8-10-18-34(30)39(36)26-13-5-2-6-14-26/h1-24,37H. The second kappa shape index (κ2) is 9.65. The molecule has 6 aromatic carbocycles. The first-order chi connectivity index (χ1) is 20.3. The van der Waals surface area contributed by atoms with Crippen LogP contribution in [0, 0.1) is 0 Å². The van der Waals surface area contributed by atoms with E-state index >= 15 is 0 Å². The molecule has 0 amide bonds. The van der Waals surface area contributed by atoms with Crippen molar-refractivity contribution in [1.82, 2.24) is 9.13 Å². The van der Waals surface area contributed by atoms with Gasteiger partial charge >= 0.3 is 7.69 Å². The molecule has 0 bridgehead atoms. The van der Waals surface area contributed by atoms with Gasteiger partial charge < -0.3 is 18.4 Å². The van der Waals surface area contributed by atoms with Gasteiger partial charge in [-0.15, -0.1) is 0 Å². The Kier molecular flexibility index (Phi) is 5.52. The van der Waals surface area contributed by atoms with Gasteiger partial charge in [-0.3, -0.25) is 0 Å². The van der Waals surface area contributed by atoms with Crippen molar-refractivity contribution in [3.05, 3.63) is 146 Å². The van der Waals surface area contributed by atoms with Gasteiger partial charge in [0.05, 0.1) is 22.1 Å². The molecule has 2 heterocycles. The smallest absolute Gasteiger partial charge is 0.529 e. The minimum atomic E-state index is 0.117. The summed E-state index contributed by atoms with van der Waals surface area (Å²) in [5.41, 5.74) is 6.91. The van der Waals surface area contributed by atoms with Crippen LogP contribution in [0.5, 0.6) is 11.5 Å². The molecule has 2 aromatic heterocycles. The third-order valence-electron chi connectivity index (χ3n) is 7.77. The lowest BCUT2D eigenvalue weighted by molar-refractivity contribution is 0.460. The summed E-state index contributed by atoms with van der Waals surface area (Å²) in [6.45, 7) is 0. The van der Waals surface area contributed by atoms with Gasteiger partial charge in [0.25, 0.3) is 0 Å². The topological polar surface area (TPSA) is 28.3 Å². The third kappa shape index (κ3) is 3.94. The Hall–Kier alpha value is -5.42. The van der Waals surface area contributed by atoms with Crippen LogP contribution >= 0.6 is 0 Å². The molecule has 0 saturated heterocycles. The second-order valence-corrected chi connectivity index (χ2v) is 10.1. The van der Waals surface area contributed by atoms with Crippen LogP contribution in [-0.2, 0) is 0 Å². The van der Waals surface area contributed by atoms with E-state index in [1.54, 1.807) is 0 Å². The van der Waals surface area contributed by atoms with Crippen LogP contribution in [0.25, 0.3) is 55.0 Å². The van der Waals surface area contributed by atoms with E-state index in [2.05, 4.69) is 130 Å². The number of aromatic nitrogens is 2. The first-order valence-corrected chi connectivity index (χ1v) is 13.8. The van der Waals surface area contributed by atoms with Crippen molar-refractivity contribution in [1.29, 1.82) is 0 Å². The Balaban J connectivity index is 1.10. The van der Waals surface area contributed by atoms with Crippen molar-refractivity contribution in [2.45, 2.75) is 0 Å². The maximum atomic E-state index is 6.12. The van der Waals surface area contributed by atoms with Crippen molar-refractivity contribution in [2.75, 3.05) is 0 Å². The molecule has 0 spiro atoms. The van der Waals surface area contributed by atoms with Gasteiger partial charge in [-0.2, -0.15) is 0 Å². The van der Waals surface area contributed by atoms with Crippen molar-refractivity contribution in [2.24, 2.45) is 0 Å². The number of para-hydroxylation sites is 4. The predicted octanol–water partition coefficient (Wildman–Crippen LogP) is 8.61.